The van der Waals surface area contributed by atoms with Gasteiger partial charge in [-0.25, -0.2) is 0 Å². The Bertz CT molecular complexity index is 186. The molecule has 0 amide bonds. The molecule has 0 radical (unpaired) electrons. The normalized spacial score (nSPS) is 11.8. The van der Waals surface area contributed by atoms with Gasteiger partial charge in [0.05, 0.1) is 0 Å². The van der Waals surface area contributed by atoms with Gasteiger partial charge in [0.1, 0.15) is 0 Å². The van der Waals surface area contributed by atoms with E-state index in [0.717, 1.165) is 6.42 Å². The molecule has 1 aromatic rings. The smallest absolute Gasteiger partial charge is 0.0292 e. The second-order valence-electron chi connectivity index (χ2n) is 2.43. The first-order chi connectivity index (χ1) is 4.84. The molecule has 62 valence electrons. The SMILES string of the molecule is CC[C@H](N)c1ccccc1.Cl. The van der Waals surface area contributed by atoms with Crippen molar-refractivity contribution >= 4 is 12.4 Å². The molecule has 0 saturated carbocycles. The molecule has 0 aliphatic heterocycles. The van der Waals surface area contributed by atoms with Crippen LogP contribution in [0.3, 0.4) is 0 Å². The predicted molar refractivity (Wildman–Crippen MR) is 50.9 cm³/mol. The van der Waals surface area contributed by atoms with E-state index >= 15 is 0 Å². The molecule has 0 unspecified atom stereocenters. The highest BCUT2D eigenvalue weighted by Gasteiger charge is 1.99. The zero-order chi connectivity index (χ0) is 7.40. The minimum atomic E-state index is 0. The van der Waals surface area contributed by atoms with Gasteiger partial charge in [-0.2, -0.15) is 0 Å². The Balaban J connectivity index is 0.000001000. The highest BCUT2D eigenvalue weighted by molar-refractivity contribution is 5.85. The van der Waals surface area contributed by atoms with Crippen molar-refractivity contribution < 1.29 is 0 Å². The Morgan fingerprint density at radius 3 is 2.27 bits per heavy atom. The summed E-state index contributed by atoms with van der Waals surface area (Å²) in [5.74, 6) is 0. The molecule has 11 heavy (non-hydrogen) atoms. The molecule has 1 atom stereocenters. The molecule has 0 aliphatic rings. The van der Waals surface area contributed by atoms with Crippen molar-refractivity contribution in [1.82, 2.24) is 0 Å². The van der Waals surface area contributed by atoms with Crippen LogP contribution in [0, 0.1) is 0 Å². The quantitative estimate of drug-likeness (QED) is 0.727. The van der Waals surface area contributed by atoms with Crippen molar-refractivity contribution in [2.45, 2.75) is 19.4 Å². The standard InChI is InChI=1S/C9H13N.ClH/c1-2-9(10)8-6-4-3-5-7-8;/h3-7,9H,2,10H2,1H3;1H/t9-;/m0./s1. The van der Waals surface area contributed by atoms with Gasteiger partial charge in [0.2, 0.25) is 0 Å². The summed E-state index contributed by atoms with van der Waals surface area (Å²) in [6.07, 6.45) is 1.00. The molecule has 0 bridgehead atoms. The van der Waals surface area contributed by atoms with E-state index in [4.69, 9.17) is 5.73 Å². The lowest BCUT2D eigenvalue weighted by atomic mass is 10.1. The van der Waals surface area contributed by atoms with Gasteiger partial charge in [-0.05, 0) is 12.0 Å². The minimum absolute atomic E-state index is 0. The topological polar surface area (TPSA) is 26.0 Å². The lowest BCUT2D eigenvalue weighted by molar-refractivity contribution is 0.699. The summed E-state index contributed by atoms with van der Waals surface area (Å²) in [6.45, 7) is 2.09. The van der Waals surface area contributed by atoms with Crippen LogP contribution in [0.15, 0.2) is 30.3 Å². The van der Waals surface area contributed by atoms with E-state index in [-0.39, 0.29) is 18.4 Å². The number of rotatable bonds is 2. The third-order valence-corrected chi connectivity index (χ3v) is 1.67. The van der Waals surface area contributed by atoms with E-state index in [1.807, 2.05) is 18.2 Å². The van der Waals surface area contributed by atoms with E-state index in [1.165, 1.54) is 5.56 Å². The summed E-state index contributed by atoms with van der Waals surface area (Å²) >= 11 is 0. The summed E-state index contributed by atoms with van der Waals surface area (Å²) in [4.78, 5) is 0. The number of benzene rings is 1. The largest absolute Gasteiger partial charge is 0.324 e. The Hall–Kier alpha value is -0.530. The predicted octanol–water partition coefficient (Wildman–Crippen LogP) is 2.52. The molecule has 0 fully saturated rings. The maximum Gasteiger partial charge on any atom is 0.0292 e. The van der Waals surface area contributed by atoms with Crippen LogP contribution in [0.5, 0.6) is 0 Å². The van der Waals surface area contributed by atoms with Gasteiger partial charge >= 0.3 is 0 Å². The molecular weight excluding hydrogens is 158 g/mol. The third-order valence-electron chi connectivity index (χ3n) is 1.67. The first-order valence-corrected chi connectivity index (χ1v) is 3.65. The van der Waals surface area contributed by atoms with Gasteiger partial charge in [0.15, 0.2) is 0 Å². The molecule has 1 aromatic carbocycles. The third kappa shape index (κ3) is 2.91. The fourth-order valence-corrected chi connectivity index (χ4v) is 0.936. The summed E-state index contributed by atoms with van der Waals surface area (Å²) in [5.41, 5.74) is 7.02. The lowest BCUT2D eigenvalue weighted by Gasteiger charge is -2.06. The van der Waals surface area contributed by atoms with Gasteiger partial charge < -0.3 is 5.73 Å². The fraction of sp³-hybridized carbons (Fsp3) is 0.333. The number of nitrogens with two attached hydrogens (primary N) is 1. The van der Waals surface area contributed by atoms with Crippen LogP contribution in [0.1, 0.15) is 24.9 Å². The van der Waals surface area contributed by atoms with Crippen LogP contribution in [-0.2, 0) is 0 Å². The molecule has 2 N–H and O–H groups in total. The van der Waals surface area contributed by atoms with Crippen molar-refractivity contribution in [1.29, 1.82) is 0 Å². The fourth-order valence-electron chi connectivity index (χ4n) is 0.936. The number of halogens is 1. The van der Waals surface area contributed by atoms with Gasteiger partial charge in [-0.15, -0.1) is 12.4 Å². The average Bonchev–Trinajstić information content (AvgIpc) is 2.05. The summed E-state index contributed by atoms with van der Waals surface area (Å²) in [5, 5.41) is 0. The van der Waals surface area contributed by atoms with E-state index in [1.54, 1.807) is 0 Å². The molecule has 0 spiro atoms. The monoisotopic (exact) mass is 171 g/mol. The zero-order valence-electron chi connectivity index (χ0n) is 6.66. The van der Waals surface area contributed by atoms with Crippen LogP contribution >= 0.6 is 12.4 Å². The Morgan fingerprint density at radius 1 is 1.27 bits per heavy atom. The Morgan fingerprint density at radius 2 is 1.82 bits per heavy atom. The van der Waals surface area contributed by atoms with Gasteiger partial charge in [0.25, 0.3) is 0 Å². The summed E-state index contributed by atoms with van der Waals surface area (Å²) < 4.78 is 0. The van der Waals surface area contributed by atoms with E-state index in [9.17, 15) is 0 Å². The molecule has 0 aromatic heterocycles. The lowest BCUT2D eigenvalue weighted by Crippen LogP contribution is -2.07. The van der Waals surface area contributed by atoms with Crippen LogP contribution in [0.25, 0.3) is 0 Å². The summed E-state index contributed by atoms with van der Waals surface area (Å²) in [6, 6.07) is 10.4. The van der Waals surface area contributed by atoms with Crippen LogP contribution in [-0.4, -0.2) is 0 Å². The van der Waals surface area contributed by atoms with Gasteiger partial charge in [0, 0.05) is 6.04 Å². The van der Waals surface area contributed by atoms with Crippen molar-refractivity contribution in [3.8, 4) is 0 Å². The first kappa shape index (κ1) is 10.5. The van der Waals surface area contributed by atoms with Crippen molar-refractivity contribution in [2.24, 2.45) is 5.73 Å². The maximum absolute atomic E-state index is 5.79. The average molecular weight is 172 g/mol. The van der Waals surface area contributed by atoms with Crippen molar-refractivity contribution in [2.75, 3.05) is 0 Å². The number of hydrogen-bond acceptors (Lipinski definition) is 1. The Labute approximate surface area is 74.0 Å². The molecular formula is C9H14ClN. The highest BCUT2D eigenvalue weighted by atomic mass is 35.5. The maximum atomic E-state index is 5.79. The van der Waals surface area contributed by atoms with Crippen LogP contribution < -0.4 is 5.73 Å². The van der Waals surface area contributed by atoms with E-state index in [2.05, 4.69) is 19.1 Å². The van der Waals surface area contributed by atoms with E-state index < -0.39 is 0 Å². The Kier molecular flexibility index (Phi) is 4.92. The molecule has 1 nitrogen and oxygen atoms in total. The van der Waals surface area contributed by atoms with Gasteiger partial charge in [-0.1, -0.05) is 37.3 Å². The second-order valence-corrected chi connectivity index (χ2v) is 2.43. The highest BCUT2D eigenvalue weighted by Crippen LogP contribution is 2.11. The second kappa shape index (κ2) is 5.16. The first-order valence-electron chi connectivity index (χ1n) is 3.65. The van der Waals surface area contributed by atoms with Crippen LogP contribution in [0.4, 0.5) is 0 Å². The van der Waals surface area contributed by atoms with E-state index in [0.29, 0.717) is 0 Å². The zero-order valence-corrected chi connectivity index (χ0v) is 7.47. The van der Waals surface area contributed by atoms with Crippen molar-refractivity contribution in [3.05, 3.63) is 35.9 Å². The molecule has 2 heteroatoms. The molecule has 0 heterocycles. The van der Waals surface area contributed by atoms with Crippen LogP contribution in [0.2, 0.25) is 0 Å². The molecule has 1 rings (SSSR count). The molecule has 0 aliphatic carbocycles. The minimum Gasteiger partial charge on any atom is -0.324 e. The van der Waals surface area contributed by atoms with Gasteiger partial charge in [-0.3, -0.25) is 0 Å². The van der Waals surface area contributed by atoms with Crippen molar-refractivity contribution in [3.63, 3.8) is 0 Å². The summed E-state index contributed by atoms with van der Waals surface area (Å²) in [7, 11) is 0. The number of hydrogen-bond donors (Lipinski definition) is 1. The molecule has 0 saturated heterocycles.